The molecule has 0 fully saturated rings. The number of carbonyl (C=O) groups is 1. The lowest BCUT2D eigenvalue weighted by Gasteiger charge is -2.07. The van der Waals surface area contributed by atoms with Crippen molar-refractivity contribution in [3.63, 3.8) is 0 Å². The summed E-state index contributed by atoms with van der Waals surface area (Å²) in [5.41, 5.74) is 3.19. The number of aromatic nitrogens is 2. The lowest BCUT2D eigenvalue weighted by Crippen LogP contribution is -2.14. The van der Waals surface area contributed by atoms with Crippen LogP contribution in [0.25, 0.3) is 0 Å². The maximum atomic E-state index is 12.1. The third-order valence-corrected chi connectivity index (χ3v) is 3.41. The number of nitrogens with zero attached hydrogens (tertiary/aromatic N) is 1. The van der Waals surface area contributed by atoms with Gasteiger partial charge in [0.15, 0.2) is 5.82 Å². The van der Waals surface area contributed by atoms with Crippen LogP contribution < -0.4 is 5.32 Å². The summed E-state index contributed by atoms with van der Waals surface area (Å²) < 4.78 is 0. The van der Waals surface area contributed by atoms with E-state index < -0.39 is 0 Å². The summed E-state index contributed by atoms with van der Waals surface area (Å²) in [7, 11) is 0. The smallest absolute Gasteiger partial charge is 0.257 e. The first-order chi connectivity index (χ1) is 8.50. The largest absolute Gasteiger partial charge is 0.305 e. The second-order valence-electron chi connectivity index (χ2n) is 4.19. The van der Waals surface area contributed by atoms with Crippen molar-refractivity contribution in [2.75, 3.05) is 5.32 Å². The van der Waals surface area contributed by atoms with Gasteiger partial charge in [0.25, 0.3) is 5.91 Å². The first-order valence-corrected chi connectivity index (χ1v) is 5.96. The molecular formula is C13H14ClN3O. The number of amides is 1. The van der Waals surface area contributed by atoms with E-state index in [9.17, 15) is 4.79 Å². The van der Waals surface area contributed by atoms with Crippen LogP contribution in [0.5, 0.6) is 0 Å². The number of hydrogen-bond donors (Lipinski definition) is 2. The van der Waals surface area contributed by atoms with Crippen LogP contribution in [0, 0.1) is 20.8 Å². The van der Waals surface area contributed by atoms with Gasteiger partial charge in [0.2, 0.25) is 0 Å². The van der Waals surface area contributed by atoms with Crippen LogP contribution in [0.1, 0.15) is 27.2 Å². The van der Waals surface area contributed by atoms with Crippen molar-refractivity contribution in [3.8, 4) is 0 Å². The molecule has 1 amide bonds. The van der Waals surface area contributed by atoms with Gasteiger partial charge in [0, 0.05) is 21.8 Å². The number of benzene rings is 1. The molecule has 0 aliphatic carbocycles. The molecule has 0 saturated carbocycles. The molecule has 2 aromatic rings. The molecule has 1 aromatic heterocycles. The number of rotatable bonds is 2. The standard InChI is InChI=1S/C13H14ClN3O/c1-7-9(3)16-17-12(7)15-13(18)10-5-4-6-11(14)8(10)2/h4-6H,1-3H3,(H2,15,16,17,18). The maximum absolute atomic E-state index is 12.1. The summed E-state index contributed by atoms with van der Waals surface area (Å²) in [6, 6.07) is 5.26. The predicted molar refractivity (Wildman–Crippen MR) is 72.2 cm³/mol. The summed E-state index contributed by atoms with van der Waals surface area (Å²) in [5.74, 6) is 0.349. The van der Waals surface area contributed by atoms with Crippen molar-refractivity contribution in [1.82, 2.24) is 10.2 Å². The van der Waals surface area contributed by atoms with E-state index in [1.54, 1.807) is 18.2 Å². The molecule has 18 heavy (non-hydrogen) atoms. The van der Waals surface area contributed by atoms with Gasteiger partial charge in [-0.2, -0.15) is 5.10 Å². The molecule has 0 aliphatic heterocycles. The molecule has 94 valence electrons. The Bertz CT molecular complexity index is 604. The lowest BCUT2D eigenvalue weighted by molar-refractivity contribution is 0.102. The molecule has 2 rings (SSSR count). The molecule has 0 saturated heterocycles. The summed E-state index contributed by atoms with van der Waals surface area (Å²) in [6.45, 7) is 5.63. The van der Waals surface area contributed by atoms with Crippen molar-refractivity contribution in [3.05, 3.63) is 45.6 Å². The van der Waals surface area contributed by atoms with E-state index in [0.717, 1.165) is 16.8 Å². The zero-order chi connectivity index (χ0) is 13.3. The van der Waals surface area contributed by atoms with Crippen LogP contribution in [0.15, 0.2) is 18.2 Å². The van der Waals surface area contributed by atoms with E-state index in [4.69, 9.17) is 11.6 Å². The molecule has 1 heterocycles. The summed E-state index contributed by atoms with van der Waals surface area (Å²) in [4.78, 5) is 12.1. The van der Waals surface area contributed by atoms with Gasteiger partial charge in [-0.25, -0.2) is 0 Å². The van der Waals surface area contributed by atoms with Gasteiger partial charge in [-0.1, -0.05) is 17.7 Å². The molecular weight excluding hydrogens is 250 g/mol. The summed E-state index contributed by atoms with van der Waals surface area (Å²) in [5, 5.41) is 10.2. The Morgan fingerprint density at radius 2 is 2.00 bits per heavy atom. The third kappa shape index (κ3) is 2.24. The van der Waals surface area contributed by atoms with Crippen LogP contribution in [0.2, 0.25) is 5.02 Å². The number of H-pyrrole nitrogens is 1. The first-order valence-electron chi connectivity index (χ1n) is 5.58. The van der Waals surface area contributed by atoms with E-state index in [1.165, 1.54) is 0 Å². The van der Waals surface area contributed by atoms with Gasteiger partial charge in [-0.3, -0.25) is 9.89 Å². The Hall–Kier alpha value is -1.81. The predicted octanol–water partition coefficient (Wildman–Crippen LogP) is 3.24. The second-order valence-corrected chi connectivity index (χ2v) is 4.60. The molecule has 2 N–H and O–H groups in total. The number of anilines is 1. The fraction of sp³-hybridized carbons (Fsp3) is 0.231. The van der Waals surface area contributed by atoms with Crippen LogP contribution in [0.4, 0.5) is 5.82 Å². The Balaban J connectivity index is 2.28. The van der Waals surface area contributed by atoms with Gasteiger partial charge < -0.3 is 5.32 Å². The van der Waals surface area contributed by atoms with Gasteiger partial charge in [0.05, 0.1) is 0 Å². The minimum atomic E-state index is -0.204. The number of nitrogens with one attached hydrogen (secondary N) is 2. The highest BCUT2D eigenvalue weighted by atomic mass is 35.5. The van der Waals surface area contributed by atoms with Crippen molar-refractivity contribution < 1.29 is 4.79 Å². The maximum Gasteiger partial charge on any atom is 0.257 e. The molecule has 0 radical (unpaired) electrons. The quantitative estimate of drug-likeness (QED) is 0.874. The number of carbonyl (C=O) groups excluding carboxylic acids is 1. The molecule has 1 aromatic carbocycles. The van der Waals surface area contributed by atoms with Crippen LogP contribution in [0.3, 0.4) is 0 Å². The molecule has 4 nitrogen and oxygen atoms in total. The van der Waals surface area contributed by atoms with Crippen LogP contribution in [-0.2, 0) is 0 Å². The normalized spacial score (nSPS) is 10.4. The topological polar surface area (TPSA) is 57.8 Å². The second kappa shape index (κ2) is 4.82. The van der Waals surface area contributed by atoms with Crippen molar-refractivity contribution >= 4 is 23.3 Å². The number of aryl methyl sites for hydroxylation is 1. The van der Waals surface area contributed by atoms with E-state index in [1.807, 2.05) is 20.8 Å². The highest BCUT2D eigenvalue weighted by Gasteiger charge is 2.14. The first kappa shape index (κ1) is 12.6. The van der Waals surface area contributed by atoms with E-state index >= 15 is 0 Å². The Morgan fingerprint density at radius 3 is 2.61 bits per heavy atom. The van der Waals surface area contributed by atoms with E-state index in [-0.39, 0.29) is 5.91 Å². The minimum absolute atomic E-state index is 0.204. The lowest BCUT2D eigenvalue weighted by atomic mass is 10.1. The molecule has 0 aliphatic rings. The molecule has 0 bridgehead atoms. The SMILES string of the molecule is Cc1[nH]nc(NC(=O)c2cccc(Cl)c2C)c1C. The highest BCUT2D eigenvalue weighted by molar-refractivity contribution is 6.32. The van der Waals surface area contributed by atoms with Crippen LogP contribution in [-0.4, -0.2) is 16.1 Å². The number of hydrogen-bond acceptors (Lipinski definition) is 2. The zero-order valence-electron chi connectivity index (χ0n) is 10.5. The van der Waals surface area contributed by atoms with Crippen molar-refractivity contribution in [2.45, 2.75) is 20.8 Å². The van der Waals surface area contributed by atoms with E-state index in [0.29, 0.717) is 16.4 Å². The Labute approximate surface area is 110 Å². The zero-order valence-corrected chi connectivity index (χ0v) is 11.2. The van der Waals surface area contributed by atoms with Crippen molar-refractivity contribution in [2.24, 2.45) is 0 Å². The van der Waals surface area contributed by atoms with Gasteiger partial charge in [-0.15, -0.1) is 0 Å². The fourth-order valence-electron chi connectivity index (χ4n) is 1.64. The van der Waals surface area contributed by atoms with E-state index in [2.05, 4.69) is 15.5 Å². The third-order valence-electron chi connectivity index (χ3n) is 3.00. The Kier molecular flexibility index (Phi) is 3.39. The highest BCUT2D eigenvalue weighted by Crippen LogP contribution is 2.20. The molecule has 0 unspecified atom stereocenters. The monoisotopic (exact) mass is 263 g/mol. The minimum Gasteiger partial charge on any atom is -0.305 e. The van der Waals surface area contributed by atoms with Crippen LogP contribution >= 0.6 is 11.6 Å². The molecule has 5 heteroatoms. The van der Waals surface area contributed by atoms with Gasteiger partial charge in [0.1, 0.15) is 0 Å². The number of aromatic amines is 1. The Morgan fingerprint density at radius 1 is 1.28 bits per heavy atom. The number of halogens is 1. The summed E-state index contributed by atoms with van der Waals surface area (Å²) in [6.07, 6.45) is 0. The average molecular weight is 264 g/mol. The van der Waals surface area contributed by atoms with Gasteiger partial charge in [-0.05, 0) is 38.5 Å². The van der Waals surface area contributed by atoms with Crippen molar-refractivity contribution in [1.29, 1.82) is 0 Å². The molecule has 0 spiro atoms. The van der Waals surface area contributed by atoms with Gasteiger partial charge >= 0.3 is 0 Å². The average Bonchev–Trinajstić information content (AvgIpc) is 2.64. The molecule has 0 atom stereocenters. The summed E-state index contributed by atoms with van der Waals surface area (Å²) >= 11 is 5.99. The fourth-order valence-corrected chi connectivity index (χ4v) is 1.81.